The second-order valence-corrected chi connectivity index (χ2v) is 1.31. The van der Waals surface area contributed by atoms with E-state index in [1.807, 2.05) is 4.34 Å². The number of carbonyl (C=O) groups is 2. The second-order valence-electron chi connectivity index (χ2n) is 0.915. The number of nitrogens with one attached hydrogen (secondary N) is 1. The molecule has 4 nitrogen and oxygen atoms in total. The fraction of sp³-hybridized carbons (Fsp3) is 0.333. The Kier molecular flexibility index (Phi) is 3.18. The molecular weight excluding hydrogens is 178 g/mol. The summed E-state index contributed by atoms with van der Waals surface area (Å²) in [4.78, 5) is 20.2. The number of ether oxygens (including phenoxy) is 1. The number of esters is 1. The zero-order valence-corrected chi connectivity index (χ0v) is 5.69. The van der Waals surface area contributed by atoms with Gasteiger partial charge in [-0.2, -0.15) is 0 Å². The van der Waals surface area contributed by atoms with Gasteiger partial charge in [0.15, 0.2) is 0 Å². The van der Waals surface area contributed by atoms with Crippen molar-refractivity contribution in [2.45, 2.75) is 0 Å². The predicted octanol–water partition coefficient (Wildman–Crippen LogP) is -0.415. The average Bonchev–Trinajstić information content (AvgIpc) is 1.84. The van der Waals surface area contributed by atoms with E-state index in [2.05, 4.69) is 20.9 Å². The Hall–Kier alpha value is -0.580. The molecule has 5 heteroatoms. The number of hydrogen-bond donors (Lipinski definition) is 1. The highest BCUT2D eigenvalue weighted by molar-refractivity contribution is 9.08. The molecule has 0 aliphatic rings. The molecule has 46 valence electrons. The van der Waals surface area contributed by atoms with E-state index in [4.69, 9.17) is 0 Å². The molecule has 0 fully saturated rings. The monoisotopic (exact) mass is 181 g/mol. The lowest BCUT2D eigenvalue weighted by Gasteiger charge is -1.91. The molecule has 0 bridgehead atoms. The molecule has 8 heavy (non-hydrogen) atoms. The second kappa shape index (κ2) is 3.43. The van der Waals surface area contributed by atoms with Gasteiger partial charge in [-0.15, -0.1) is 0 Å². The Balaban J connectivity index is 3.64. The van der Waals surface area contributed by atoms with Crippen LogP contribution in [0.4, 0.5) is 0 Å². The van der Waals surface area contributed by atoms with Gasteiger partial charge in [-0.05, 0) is 0 Å². The molecule has 0 unspecified atom stereocenters. The van der Waals surface area contributed by atoms with Gasteiger partial charge in [-0.3, -0.25) is 9.14 Å². The quantitative estimate of drug-likeness (QED) is 0.314. The van der Waals surface area contributed by atoms with Gasteiger partial charge in [-0.25, -0.2) is 4.79 Å². The fourth-order valence-electron chi connectivity index (χ4n) is 0.131. The first kappa shape index (κ1) is 7.42. The Morgan fingerprint density at radius 2 is 2.12 bits per heavy atom. The lowest BCUT2D eigenvalue weighted by Crippen LogP contribution is -2.24. The molecule has 0 heterocycles. The number of amides is 1. The van der Waals surface area contributed by atoms with E-state index in [0.29, 0.717) is 0 Å². The number of methoxy groups -OCH3 is 1. The summed E-state index contributed by atoms with van der Waals surface area (Å²) in [5.74, 6) is -1.73. The van der Waals surface area contributed by atoms with E-state index in [0.717, 1.165) is 7.11 Å². The van der Waals surface area contributed by atoms with Crippen LogP contribution < -0.4 is 4.34 Å². The highest BCUT2D eigenvalue weighted by atomic mass is 79.9. The van der Waals surface area contributed by atoms with Crippen LogP contribution >= 0.6 is 16.1 Å². The lowest BCUT2D eigenvalue weighted by atomic mass is 10.7. The van der Waals surface area contributed by atoms with E-state index in [-0.39, 0.29) is 0 Å². The zero-order valence-electron chi connectivity index (χ0n) is 4.10. The van der Waals surface area contributed by atoms with Crippen molar-refractivity contribution in [1.82, 2.24) is 4.34 Å². The maximum atomic E-state index is 10.1. The Labute approximate surface area is 54.5 Å². The van der Waals surface area contributed by atoms with E-state index < -0.39 is 11.9 Å². The van der Waals surface area contributed by atoms with Crippen LogP contribution in [0.15, 0.2) is 0 Å². The third kappa shape index (κ3) is 1.92. The van der Waals surface area contributed by atoms with E-state index in [9.17, 15) is 9.59 Å². The van der Waals surface area contributed by atoms with Gasteiger partial charge in [0.25, 0.3) is 0 Å². The van der Waals surface area contributed by atoms with Crippen LogP contribution in [0, 0.1) is 0 Å². The van der Waals surface area contributed by atoms with Crippen LogP contribution in [0.25, 0.3) is 0 Å². The number of rotatable bonds is 0. The summed E-state index contributed by atoms with van der Waals surface area (Å²) in [5.41, 5.74) is 0. The molecule has 0 aromatic heterocycles. The van der Waals surface area contributed by atoms with Crippen molar-refractivity contribution in [3.05, 3.63) is 0 Å². The van der Waals surface area contributed by atoms with Crippen molar-refractivity contribution in [3.63, 3.8) is 0 Å². The molecule has 0 rings (SSSR count). The molecule has 0 atom stereocenters. The molecule has 1 amide bonds. The van der Waals surface area contributed by atoms with Crippen molar-refractivity contribution in [2.24, 2.45) is 0 Å². The summed E-state index contributed by atoms with van der Waals surface area (Å²) in [7, 11) is 1.13. The first-order valence-corrected chi connectivity index (χ1v) is 2.50. The Bertz CT molecular complexity index is 99.1. The number of halogens is 1. The number of carbonyl (C=O) groups excluding carboxylic acids is 2. The summed E-state index contributed by atoms with van der Waals surface area (Å²) in [6, 6.07) is 0. The first-order chi connectivity index (χ1) is 3.72. The van der Waals surface area contributed by atoms with Gasteiger partial charge in [0.1, 0.15) is 0 Å². The van der Waals surface area contributed by atoms with Crippen molar-refractivity contribution >= 4 is 28.0 Å². The molecule has 0 aliphatic heterocycles. The molecular formula is C3H4BrNO3. The van der Waals surface area contributed by atoms with Gasteiger partial charge >= 0.3 is 11.9 Å². The van der Waals surface area contributed by atoms with Gasteiger partial charge in [0, 0.05) is 16.1 Å². The van der Waals surface area contributed by atoms with Crippen LogP contribution in [0.5, 0.6) is 0 Å². The average molecular weight is 182 g/mol. The van der Waals surface area contributed by atoms with Crippen LogP contribution in [0.2, 0.25) is 0 Å². The lowest BCUT2D eigenvalue weighted by molar-refractivity contribution is -0.151. The Morgan fingerprint density at radius 1 is 1.62 bits per heavy atom. The normalized spacial score (nSPS) is 7.75. The molecule has 1 N–H and O–H groups in total. The number of hydrogen-bond acceptors (Lipinski definition) is 3. The van der Waals surface area contributed by atoms with Gasteiger partial charge in [-0.1, -0.05) is 0 Å². The largest absolute Gasteiger partial charge is 0.462 e. The molecule has 0 saturated heterocycles. The molecule has 0 radical (unpaired) electrons. The highest BCUT2D eigenvalue weighted by Crippen LogP contribution is 1.75. The third-order valence-electron chi connectivity index (χ3n) is 0.457. The van der Waals surface area contributed by atoms with Crippen LogP contribution in [0.3, 0.4) is 0 Å². The van der Waals surface area contributed by atoms with E-state index in [1.165, 1.54) is 0 Å². The van der Waals surface area contributed by atoms with Crippen LogP contribution in [0.1, 0.15) is 0 Å². The molecule has 0 aliphatic carbocycles. The SMILES string of the molecule is COC(=O)C(=O)NBr. The third-order valence-corrected chi connectivity index (χ3v) is 0.817. The zero-order chi connectivity index (χ0) is 6.57. The fourth-order valence-corrected chi connectivity index (χ4v) is 0.293. The van der Waals surface area contributed by atoms with Crippen LogP contribution in [-0.2, 0) is 14.3 Å². The van der Waals surface area contributed by atoms with Gasteiger partial charge < -0.3 is 4.74 Å². The summed E-state index contributed by atoms with van der Waals surface area (Å²) in [6.07, 6.45) is 0. The van der Waals surface area contributed by atoms with Crippen molar-refractivity contribution in [2.75, 3.05) is 7.11 Å². The first-order valence-electron chi connectivity index (χ1n) is 1.71. The van der Waals surface area contributed by atoms with Crippen molar-refractivity contribution < 1.29 is 14.3 Å². The molecule has 0 aromatic carbocycles. The highest BCUT2D eigenvalue weighted by Gasteiger charge is 2.09. The topological polar surface area (TPSA) is 55.4 Å². The summed E-state index contributed by atoms with van der Waals surface area (Å²) in [5, 5.41) is 0. The van der Waals surface area contributed by atoms with Crippen molar-refractivity contribution in [1.29, 1.82) is 0 Å². The van der Waals surface area contributed by atoms with E-state index in [1.54, 1.807) is 0 Å². The standard InChI is InChI=1S/C3H4BrNO3/c1-8-3(7)2(6)5-4/h1H3,(H,5,6). The molecule has 0 saturated carbocycles. The molecule has 0 spiro atoms. The Morgan fingerprint density at radius 3 is 2.25 bits per heavy atom. The maximum absolute atomic E-state index is 10.1. The minimum absolute atomic E-state index is 0.812. The van der Waals surface area contributed by atoms with Crippen LogP contribution in [-0.4, -0.2) is 19.0 Å². The summed E-state index contributed by atoms with van der Waals surface area (Å²) in [6.45, 7) is 0. The summed E-state index contributed by atoms with van der Waals surface area (Å²) >= 11 is 2.56. The smallest absolute Gasteiger partial charge is 0.397 e. The van der Waals surface area contributed by atoms with Crippen molar-refractivity contribution in [3.8, 4) is 0 Å². The minimum atomic E-state index is -0.915. The minimum Gasteiger partial charge on any atom is -0.462 e. The maximum Gasteiger partial charge on any atom is 0.397 e. The van der Waals surface area contributed by atoms with Gasteiger partial charge in [0.05, 0.1) is 7.11 Å². The predicted molar refractivity (Wildman–Crippen MR) is 29.1 cm³/mol. The van der Waals surface area contributed by atoms with Gasteiger partial charge in [0.2, 0.25) is 0 Å². The molecule has 0 aromatic rings. The van der Waals surface area contributed by atoms with E-state index >= 15 is 0 Å². The summed E-state index contributed by atoms with van der Waals surface area (Å²) < 4.78 is 5.94.